The first-order chi connectivity index (χ1) is 13.3. The predicted molar refractivity (Wildman–Crippen MR) is 102 cm³/mol. The third kappa shape index (κ3) is 3.67. The molecule has 150 valence electrons. The summed E-state index contributed by atoms with van der Waals surface area (Å²) in [6, 6.07) is 3.41. The largest absolute Gasteiger partial charge is 0.334 e. The zero-order chi connectivity index (χ0) is 19.9. The van der Waals surface area contributed by atoms with Crippen LogP contribution in [0.3, 0.4) is 0 Å². The Morgan fingerprint density at radius 3 is 2.64 bits per heavy atom. The van der Waals surface area contributed by atoms with E-state index in [0.717, 1.165) is 25.7 Å². The lowest BCUT2D eigenvalue weighted by atomic mass is 10.1. The van der Waals surface area contributed by atoms with Gasteiger partial charge < -0.3 is 4.90 Å². The maximum atomic E-state index is 13.3. The number of rotatable bonds is 4. The van der Waals surface area contributed by atoms with E-state index in [0.29, 0.717) is 6.42 Å². The Kier molecular flexibility index (Phi) is 4.95. The van der Waals surface area contributed by atoms with E-state index in [9.17, 15) is 22.4 Å². The molecule has 1 aliphatic heterocycles. The van der Waals surface area contributed by atoms with Crippen molar-refractivity contribution in [3.63, 3.8) is 0 Å². The van der Waals surface area contributed by atoms with Gasteiger partial charge in [0.1, 0.15) is 12.4 Å². The minimum Gasteiger partial charge on any atom is -0.334 e. The van der Waals surface area contributed by atoms with Crippen molar-refractivity contribution in [2.24, 2.45) is 0 Å². The van der Waals surface area contributed by atoms with Crippen LogP contribution in [0.1, 0.15) is 32.1 Å². The quantitative estimate of drug-likeness (QED) is 0.766. The molecule has 0 radical (unpaired) electrons. The number of fused-ring (bicyclic) bond motifs is 1. The van der Waals surface area contributed by atoms with E-state index in [-0.39, 0.29) is 46.9 Å². The van der Waals surface area contributed by atoms with Crippen LogP contribution in [-0.4, -0.2) is 52.4 Å². The summed E-state index contributed by atoms with van der Waals surface area (Å²) in [6.45, 7) is -0.202. The highest BCUT2D eigenvalue weighted by Gasteiger charge is 2.39. The van der Waals surface area contributed by atoms with Crippen molar-refractivity contribution in [1.82, 2.24) is 14.5 Å². The fourth-order valence-electron chi connectivity index (χ4n) is 4.35. The first kappa shape index (κ1) is 19.0. The molecule has 1 saturated carbocycles. The molecule has 1 amide bonds. The summed E-state index contributed by atoms with van der Waals surface area (Å²) in [5.41, 5.74) is -0.174. The fraction of sp³-hybridized carbons (Fsp3) is 0.526. The normalized spacial score (nSPS) is 22.0. The van der Waals surface area contributed by atoms with Crippen molar-refractivity contribution >= 4 is 26.6 Å². The average Bonchev–Trinajstić information content (AvgIpc) is 3.28. The van der Waals surface area contributed by atoms with Gasteiger partial charge in [0, 0.05) is 18.2 Å². The highest BCUT2D eigenvalue weighted by atomic mass is 32.2. The average molecular weight is 407 g/mol. The van der Waals surface area contributed by atoms with Gasteiger partial charge in [-0.1, -0.05) is 12.8 Å². The second kappa shape index (κ2) is 7.27. The summed E-state index contributed by atoms with van der Waals surface area (Å²) in [6.07, 6.45) is 5.42. The molecule has 4 rings (SSSR count). The van der Waals surface area contributed by atoms with Crippen molar-refractivity contribution in [1.29, 1.82) is 0 Å². The van der Waals surface area contributed by atoms with Crippen LogP contribution in [0, 0.1) is 5.82 Å². The lowest BCUT2D eigenvalue weighted by Crippen LogP contribution is -2.49. The smallest absolute Gasteiger partial charge is 0.261 e. The molecular formula is C19H22FN3O4S. The molecule has 2 fully saturated rings. The van der Waals surface area contributed by atoms with E-state index in [2.05, 4.69) is 4.98 Å². The van der Waals surface area contributed by atoms with Crippen molar-refractivity contribution in [3.8, 4) is 0 Å². The van der Waals surface area contributed by atoms with Crippen LogP contribution < -0.4 is 5.56 Å². The number of halogens is 1. The number of amides is 1. The summed E-state index contributed by atoms with van der Waals surface area (Å²) < 4.78 is 38.4. The Morgan fingerprint density at radius 1 is 1.21 bits per heavy atom. The zero-order valence-electron chi connectivity index (χ0n) is 15.4. The second-order valence-electron chi connectivity index (χ2n) is 7.64. The lowest BCUT2D eigenvalue weighted by molar-refractivity contribution is -0.136. The van der Waals surface area contributed by atoms with Gasteiger partial charge in [-0.25, -0.2) is 17.8 Å². The summed E-state index contributed by atoms with van der Waals surface area (Å²) in [7, 11) is -3.13. The predicted octanol–water partition coefficient (Wildman–Crippen LogP) is 1.49. The van der Waals surface area contributed by atoms with Crippen molar-refractivity contribution in [2.75, 3.05) is 11.5 Å². The Labute approximate surface area is 162 Å². The zero-order valence-corrected chi connectivity index (χ0v) is 16.2. The highest BCUT2D eigenvalue weighted by molar-refractivity contribution is 7.91. The third-order valence-electron chi connectivity index (χ3n) is 5.70. The van der Waals surface area contributed by atoms with Gasteiger partial charge in [0.25, 0.3) is 5.56 Å². The molecular weight excluding hydrogens is 385 g/mol. The number of carbonyl (C=O) groups is 1. The summed E-state index contributed by atoms with van der Waals surface area (Å²) >= 11 is 0. The third-order valence-corrected chi connectivity index (χ3v) is 7.45. The van der Waals surface area contributed by atoms with Gasteiger partial charge in [0.15, 0.2) is 9.84 Å². The molecule has 1 atom stereocenters. The van der Waals surface area contributed by atoms with Gasteiger partial charge in [-0.2, -0.15) is 0 Å². The van der Waals surface area contributed by atoms with Gasteiger partial charge in [-0.3, -0.25) is 14.2 Å². The van der Waals surface area contributed by atoms with Crippen LogP contribution in [0.2, 0.25) is 0 Å². The first-order valence-electron chi connectivity index (χ1n) is 9.50. The van der Waals surface area contributed by atoms with E-state index < -0.39 is 21.2 Å². The molecule has 9 heteroatoms. The molecule has 0 unspecified atom stereocenters. The highest BCUT2D eigenvalue weighted by Crippen LogP contribution is 2.29. The van der Waals surface area contributed by atoms with E-state index in [1.54, 1.807) is 4.90 Å². The summed E-state index contributed by atoms with van der Waals surface area (Å²) in [4.78, 5) is 31.6. The van der Waals surface area contributed by atoms with Gasteiger partial charge in [-0.15, -0.1) is 0 Å². The number of hydrogen-bond acceptors (Lipinski definition) is 5. The van der Waals surface area contributed by atoms with Crippen molar-refractivity contribution < 1.29 is 17.6 Å². The first-order valence-corrected chi connectivity index (χ1v) is 11.3. The molecule has 2 aliphatic rings. The molecule has 2 aromatic rings. The second-order valence-corrected chi connectivity index (χ2v) is 9.86. The number of benzene rings is 1. The number of sulfone groups is 1. The molecule has 0 bridgehead atoms. The number of aromatic nitrogens is 2. The Morgan fingerprint density at radius 2 is 1.96 bits per heavy atom. The van der Waals surface area contributed by atoms with Gasteiger partial charge in [0.05, 0.1) is 28.7 Å². The van der Waals surface area contributed by atoms with Crippen LogP contribution in [0.5, 0.6) is 0 Å². The standard InChI is InChI=1S/C19H22FN3O4S/c20-13-5-6-16-17(9-13)21-12-22(19(16)25)10-18(24)23(14-3-1-2-4-14)15-7-8-28(26,27)11-15/h5-6,9,12,14-15H,1-4,7-8,10-11H2/t15-/m1/s1. The fourth-order valence-corrected chi connectivity index (χ4v) is 6.07. The SMILES string of the molecule is O=C(Cn1cnc2cc(F)ccc2c1=O)N(C1CCCC1)[C@@H]1CCS(=O)(=O)C1. The molecule has 0 N–H and O–H groups in total. The number of nitrogens with zero attached hydrogens (tertiary/aromatic N) is 3. The topological polar surface area (TPSA) is 89.3 Å². The number of carbonyl (C=O) groups excluding carboxylic acids is 1. The minimum atomic E-state index is -3.13. The van der Waals surface area contributed by atoms with Crippen molar-refractivity contribution in [2.45, 2.75) is 50.7 Å². The van der Waals surface area contributed by atoms with Crippen LogP contribution >= 0.6 is 0 Å². The monoisotopic (exact) mass is 407 g/mol. The minimum absolute atomic E-state index is 0.0145. The Hall–Kier alpha value is -2.29. The molecule has 1 aromatic heterocycles. The lowest BCUT2D eigenvalue weighted by Gasteiger charge is -2.34. The van der Waals surface area contributed by atoms with E-state index in [4.69, 9.17) is 0 Å². The molecule has 7 nitrogen and oxygen atoms in total. The van der Waals surface area contributed by atoms with Gasteiger partial charge in [0.2, 0.25) is 5.91 Å². The Bertz CT molecular complexity index is 1080. The summed E-state index contributed by atoms with van der Waals surface area (Å²) in [5, 5.41) is 0.243. The van der Waals surface area contributed by atoms with Crippen molar-refractivity contribution in [3.05, 3.63) is 40.7 Å². The number of hydrogen-bond donors (Lipinski definition) is 0. The molecule has 1 aliphatic carbocycles. The van der Waals surface area contributed by atoms with E-state index >= 15 is 0 Å². The molecule has 1 aromatic carbocycles. The van der Waals surface area contributed by atoms with Crippen LogP contribution in [-0.2, 0) is 21.2 Å². The van der Waals surface area contributed by atoms with E-state index in [1.165, 1.54) is 29.1 Å². The maximum absolute atomic E-state index is 13.3. The van der Waals surface area contributed by atoms with Crippen LogP contribution in [0.4, 0.5) is 4.39 Å². The van der Waals surface area contributed by atoms with E-state index in [1.807, 2.05) is 0 Å². The maximum Gasteiger partial charge on any atom is 0.261 e. The summed E-state index contributed by atoms with van der Waals surface area (Å²) in [5.74, 6) is -0.668. The molecule has 28 heavy (non-hydrogen) atoms. The van der Waals surface area contributed by atoms with Crippen LogP contribution in [0.15, 0.2) is 29.3 Å². The van der Waals surface area contributed by atoms with Gasteiger partial charge in [-0.05, 0) is 31.4 Å². The molecule has 2 heterocycles. The van der Waals surface area contributed by atoms with Gasteiger partial charge >= 0.3 is 0 Å². The molecule has 0 spiro atoms. The Balaban J connectivity index is 1.62. The molecule has 1 saturated heterocycles. The van der Waals surface area contributed by atoms with Crippen LogP contribution in [0.25, 0.3) is 10.9 Å².